The largest absolute Gasteiger partial charge is 0.391 e. The molecule has 0 aromatic heterocycles. The van der Waals surface area contributed by atoms with Crippen molar-refractivity contribution < 1.29 is 17.9 Å². The van der Waals surface area contributed by atoms with Crippen LogP contribution < -0.4 is 0 Å². The van der Waals surface area contributed by atoms with Gasteiger partial charge in [-0.3, -0.25) is 0 Å². The lowest BCUT2D eigenvalue weighted by Crippen LogP contribution is -2.39. The van der Waals surface area contributed by atoms with Crippen LogP contribution in [0.25, 0.3) is 0 Å². The normalized spacial score (nSPS) is 29.5. The van der Waals surface area contributed by atoms with E-state index in [9.17, 15) is 13.2 Å². The molecule has 0 bridgehead atoms. The van der Waals surface area contributed by atoms with Crippen molar-refractivity contribution in [3.8, 4) is 0 Å². The number of halogens is 4. The van der Waals surface area contributed by atoms with Crippen molar-refractivity contribution in [2.45, 2.75) is 63.6 Å². The monoisotopic (exact) mass is 378 g/mol. The third-order valence-corrected chi connectivity index (χ3v) is 5.14. The SMILES string of the molecule is CCCC1CCC(CI)(OCCC(F)(F)F)CC1. The van der Waals surface area contributed by atoms with Gasteiger partial charge in [0, 0.05) is 4.43 Å². The average molecular weight is 378 g/mol. The van der Waals surface area contributed by atoms with Crippen LogP contribution in [0, 0.1) is 5.92 Å². The first-order chi connectivity index (χ1) is 8.41. The van der Waals surface area contributed by atoms with Crippen LogP contribution in [0.15, 0.2) is 0 Å². The Kier molecular flexibility index (Phi) is 6.72. The maximum Gasteiger partial charge on any atom is 0.391 e. The molecular weight excluding hydrogens is 356 g/mol. The van der Waals surface area contributed by atoms with E-state index in [2.05, 4.69) is 29.5 Å². The Hall–Kier alpha value is 0.480. The highest BCUT2D eigenvalue weighted by Crippen LogP contribution is 2.38. The molecule has 1 nitrogen and oxygen atoms in total. The van der Waals surface area contributed by atoms with Crippen molar-refractivity contribution in [1.29, 1.82) is 0 Å². The van der Waals surface area contributed by atoms with E-state index in [4.69, 9.17) is 4.74 Å². The topological polar surface area (TPSA) is 9.23 Å². The molecule has 1 aliphatic rings. The summed E-state index contributed by atoms with van der Waals surface area (Å²) in [5.74, 6) is 0.747. The van der Waals surface area contributed by atoms with Gasteiger partial charge in [-0.2, -0.15) is 13.2 Å². The lowest BCUT2D eigenvalue weighted by molar-refractivity contribution is -0.160. The molecule has 5 heteroatoms. The minimum Gasteiger partial charge on any atom is -0.374 e. The van der Waals surface area contributed by atoms with E-state index in [0.717, 1.165) is 36.0 Å². The lowest BCUT2D eigenvalue weighted by Gasteiger charge is -2.39. The summed E-state index contributed by atoms with van der Waals surface area (Å²) in [5.41, 5.74) is -0.296. The first-order valence-corrected chi connectivity index (χ1v) is 8.20. The summed E-state index contributed by atoms with van der Waals surface area (Å²) < 4.78 is 42.7. The van der Waals surface area contributed by atoms with Gasteiger partial charge in [0.25, 0.3) is 0 Å². The van der Waals surface area contributed by atoms with Crippen LogP contribution in [0.2, 0.25) is 0 Å². The van der Waals surface area contributed by atoms with E-state index in [0.29, 0.717) is 0 Å². The molecular formula is C13H22F3IO. The highest BCUT2D eigenvalue weighted by molar-refractivity contribution is 14.1. The van der Waals surface area contributed by atoms with E-state index in [1.165, 1.54) is 12.8 Å². The summed E-state index contributed by atoms with van der Waals surface area (Å²) in [7, 11) is 0. The molecule has 108 valence electrons. The van der Waals surface area contributed by atoms with Crippen LogP contribution >= 0.6 is 22.6 Å². The van der Waals surface area contributed by atoms with Crippen molar-refractivity contribution in [2.24, 2.45) is 5.92 Å². The Morgan fingerprint density at radius 2 is 1.89 bits per heavy atom. The summed E-state index contributed by atoms with van der Waals surface area (Å²) in [6.45, 7) is 1.99. The first-order valence-electron chi connectivity index (χ1n) is 6.67. The van der Waals surface area contributed by atoms with Crippen LogP contribution in [0.5, 0.6) is 0 Å². The minimum absolute atomic E-state index is 0.190. The second-order valence-corrected chi connectivity index (χ2v) is 6.03. The molecule has 0 aliphatic heterocycles. The maximum atomic E-state index is 12.1. The Morgan fingerprint density at radius 3 is 2.33 bits per heavy atom. The molecule has 0 aromatic carbocycles. The highest BCUT2D eigenvalue weighted by Gasteiger charge is 2.36. The van der Waals surface area contributed by atoms with E-state index >= 15 is 0 Å². The molecule has 0 unspecified atom stereocenters. The number of ether oxygens (including phenoxy) is 1. The Labute approximate surface area is 121 Å². The molecule has 0 N–H and O–H groups in total. The fraction of sp³-hybridized carbons (Fsp3) is 1.00. The van der Waals surface area contributed by atoms with Gasteiger partial charge in [0.1, 0.15) is 0 Å². The van der Waals surface area contributed by atoms with Crippen LogP contribution in [0.1, 0.15) is 51.9 Å². The zero-order valence-corrected chi connectivity index (χ0v) is 13.0. The molecule has 0 saturated heterocycles. The van der Waals surface area contributed by atoms with Gasteiger partial charge in [-0.1, -0.05) is 42.4 Å². The van der Waals surface area contributed by atoms with Gasteiger partial charge in [-0.05, 0) is 31.6 Å². The molecule has 1 aliphatic carbocycles. The first kappa shape index (κ1) is 16.5. The standard InChI is InChI=1S/C13H22F3IO/c1-2-3-11-4-6-12(10-17,7-5-11)18-9-8-13(14,15)16/h11H,2-10H2,1H3. The van der Waals surface area contributed by atoms with E-state index in [1.54, 1.807) is 0 Å². The predicted molar refractivity (Wildman–Crippen MR) is 75.1 cm³/mol. The second-order valence-electron chi connectivity index (χ2n) is 5.26. The molecule has 1 saturated carbocycles. The number of rotatable bonds is 6. The summed E-state index contributed by atoms with van der Waals surface area (Å²) in [5, 5.41) is 0. The zero-order chi connectivity index (χ0) is 13.6. The molecule has 0 atom stereocenters. The maximum absolute atomic E-state index is 12.1. The fourth-order valence-electron chi connectivity index (χ4n) is 2.60. The molecule has 0 spiro atoms. The molecule has 0 amide bonds. The number of hydrogen-bond donors (Lipinski definition) is 0. The van der Waals surface area contributed by atoms with Gasteiger partial charge >= 0.3 is 6.18 Å². The van der Waals surface area contributed by atoms with E-state index in [1.807, 2.05) is 0 Å². The van der Waals surface area contributed by atoms with Crippen molar-refractivity contribution in [1.82, 2.24) is 0 Å². The molecule has 0 radical (unpaired) electrons. The van der Waals surface area contributed by atoms with Crippen molar-refractivity contribution >= 4 is 22.6 Å². The van der Waals surface area contributed by atoms with E-state index in [-0.39, 0.29) is 12.2 Å². The molecule has 1 fully saturated rings. The molecule has 0 heterocycles. The van der Waals surface area contributed by atoms with Gasteiger partial charge in [-0.15, -0.1) is 0 Å². The van der Waals surface area contributed by atoms with Crippen molar-refractivity contribution in [2.75, 3.05) is 11.0 Å². The zero-order valence-electron chi connectivity index (χ0n) is 10.9. The Bertz CT molecular complexity index is 235. The van der Waals surface area contributed by atoms with Crippen molar-refractivity contribution in [3.63, 3.8) is 0 Å². The van der Waals surface area contributed by atoms with E-state index < -0.39 is 12.6 Å². The Morgan fingerprint density at radius 1 is 1.28 bits per heavy atom. The van der Waals surface area contributed by atoms with Gasteiger partial charge in [0.05, 0.1) is 18.6 Å². The molecule has 18 heavy (non-hydrogen) atoms. The van der Waals surface area contributed by atoms with Gasteiger partial charge in [-0.25, -0.2) is 0 Å². The summed E-state index contributed by atoms with van der Waals surface area (Å²) in [6.07, 6.45) is 1.52. The van der Waals surface area contributed by atoms with Crippen LogP contribution in [0.3, 0.4) is 0 Å². The quantitative estimate of drug-likeness (QED) is 0.461. The summed E-state index contributed by atoms with van der Waals surface area (Å²) in [6, 6.07) is 0. The third kappa shape index (κ3) is 5.63. The molecule has 0 aromatic rings. The van der Waals surface area contributed by atoms with Crippen LogP contribution in [-0.2, 0) is 4.74 Å². The predicted octanol–water partition coefficient (Wildman–Crippen LogP) is 5.12. The fourth-order valence-corrected chi connectivity index (χ4v) is 3.58. The van der Waals surface area contributed by atoms with Gasteiger partial charge < -0.3 is 4.74 Å². The molecule has 1 rings (SSSR count). The average Bonchev–Trinajstić information content (AvgIpc) is 2.30. The minimum atomic E-state index is -4.11. The highest BCUT2D eigenvalue weighted by atomic mass is 127. The van der Waals surface area contributed by atoms with Gasteiger partial charge in [0.2, 0.25) is 0 Å². The summed E-state index contributed by atoms with van der Waals surface area (Å²) >= 11 is 2.24. The Balaban J connectivity index is 2.36. The summed E-state index contributed by atoms with van der Waals surface area (Å²) in [4.78, 5) is 0. The second kappa shape index (κ2) is 7.31. The number of hydrogen-bond acceptors (Lipinski definition) is 1. The van der Waals surface area contributed by atoms with Crippen LogP contribution in [0.4, 0.5) is 13.2 Å². The lowest BCUT2D eigenvalue weighted by atomic mass is 9.78. The van der Waals surface area contributed by atoms with Crippen LogP contribution in [-0.4, -0.2) is 22.8 Å². The smallest absolute Gasteiger partial charge is 0.374 e. The number of alkyl halides is 4. The van der Waals surface area contributed by atoms with Crippen molar-refractivity contribution in [3.05, 3.63) is 0 Å². The third-order valence-electron chi connectivity index (χ3n) is 3.75. The van der Waals surface area contributed by atoms with Gasteiger partial charge in [0.15, 0.2) is 0 Å².